The molecular weight excluding hydrogens is 326 g/mol. The zero-order valence-corrected chi connectivity index (χ0v) is 13.3. The molecule has 0 bridgehead atoms. The highest BCUT2D eigenvalue weighted by Gasteiger charge is 2.22. The van der Waals surface area contributed by atoms with Gasteiger partial charge in [-0.3, -0.25) is 4.79 Å². The maximum absolute atomic E-state index is 12.2. The molecule has 2 rings (SSSR count). The third-order valence-corrected chi connectivity index (χ3v) is 4.40. The zero-order chi connectivity index (χ0) is 13.8. The van der Waals surface area contributed by atoms with Crippen molar-refractivity contribution < 1.29 is 9.53 Å². The molecule has 0 aromatic heterocycles. The van der Waals surface area contributed by atoms with Crippen molar-refractivity contribution in [3.05, 3.63) is 28.2 Å². The first kappa shape index (κ1) is 14.9. The van der Waals surface area contributed by atoms with Gasteiger partial charge in [0, 0.05) is 28.6 Å². The molecule has 1 N–H and O–H groups in total. The van der Waals surface area contributed by atoms with E-state index in [4.69, 9.17) is 4.74 Å². The maximum atomic E-state index is 12.2. The lowest BCUT2D eigenvalue weighted by molar-refractivity contribution is 0.0538. The number of carbonyl (C=O) groups excluding carboxylic acids is 1. The van der Waals surface area contributed by atoms with Gasteiger partial charge in [-0.05, 0) is 43.9 Å². The van der Waals surface area contributed by atoms with Crippen molar-refractivity contribution in [2.45, 2.75) is 30.7 Å². The summed E-state index contributed by atoms with van der Waals surface area (Å²) in [7, 11) is 0. The van der Waals surface area contributed by atoms with Gasteiger partial charge in [-0.25, -0.2) is 0 Å². The molecule has 5 heteroatoms. The lowest BCUT2D eigenvalue weighted by Crippen LogP contribution is -2.40. The van der Waals surface area contributed by atoms with Crippen LogP contribution in [0.2, 0.25) is 0 Å². The van der Waals surface area contributed by atoms with Crippen LogP contribution < -0.4 is 5.32 Å². The largest absolute Gasteiger partial charge is 0.381 e. The predicted octanol–water partition coefficient (Wildman–Crippen LogP) is 3.28. The molecule has 1 aromatic rings. The number of ether oxygens (including phenoxy) is 1. The molecular formula is C14H18BrNO2S. The van der Waals surface area contributed by atoms with Gasteiger partial charge in [0.05, 0.1) is 5.56 Å². The third-order valence-electron chi connectivity index (χ3n) is 3.54. The summed E-state index contributed by atoms with van der Waals surface area (Å²) < 4.78 is 6.26. The summed E-state index contributed by atoms with van der Waals surface area (Å²) in [4.78, 5) is 12.9. The summed E-state index contributed by atoms with van der Waals surface area (Å²) >= 11 is 7.71. The van der Waals surface area contributed by atoms with E-state index < -0.39 is 0 Å². The number of nitrogens with one attached hydrogen (secondary N) is 1. The molecule has 0 saturated carbocycles. The van der Waals surface area contributed by atoms with Crippen molar-refractivity contribution in [3.8, 4) is 0 Å². The molecule has 1 amide bonds. The summed E-state index contributed by atoms with van der Waals surface area (Å²) in [6, 6.07) is 5.64. The quantitative estimate of drug-likeness (QED) is 0.826. The topological polar surface area (TPSA) is 38.3 Å². The Morgan fingerprint density at radius 2 is 2.16 bits per heavy atom. The second-order valence-corrected chi connectivity index (χ2v) is 6.27. The molecule has 1 saturated heterocycles. The second kappa shape index (κ2) is 6.77. The molecule has 1 fully saturated rings. The van der Waals surface area contributed by atoms with E-state index >= 15 is 0 Å². The van der Waals surface area contributed by atoms with Gasteiger partial charge in [-0.15, -0.1) is 12.6 Å². The Hall–Kier alpha value is -0.520. The first-order chi connectivity index (χ1) is 9.08. The maximum Gasteiger partial charge on any atom is 0.252 e. The Morgan fingerprint density at radius 1 is 1.47 bits per heavy atom. The van der Waals surface area contributed by atoms with Crippen LogP contribution in [0.3, 0.4) is 0 Å². The molecule has 104 valence electrons. The van der Waals surface area contributed by atoms with Gasteiger partial charge in [0.15, 0.2) is 0 Å². The summed E-state index contributed by atoms with van der Waals surface area (Å²) in [6.07, 6.45) is 2.02. The Bertz CT molecular complexity index is 461. The van der Waals surface area contributed by atoms with E-state index in [0.717, 1.165) is 30.5 Å². The van der Waals surface area contributed by atoms with E-state index in [9.17, 15) is 4.79 Å². The van der Waals surface area contributed by atoms with Crippen molar-refractivity contribution >= 4 is 34.5 Å². The molecule has 0 aliphatic carbocycles. The Balaban J connectivity index is 1.99. The minimum Gasteiger partial charge on any atom is -0.381 e. The number of halogens is 1. The highest BCUT2D eigenvalue weighted by molar-refractivity contribution is 9.10. The minimum absolute atomic E-state index is 0.0588. The standard InChI is InChI=1S/C14H18BrNO2S/c1-9(10-4-6-18-7-5-10)16-14(17)12-3-2-11(15)8-13(12)19/h2-3,8-10,19H,4-7H2,1H3,(H,16,17). The molecule has 0 radical (unpaired) electrons. The molecule has 0 spiro atoms. The van der Waals surface area contributed by atoms with Gasteiger partial charge in [-0.2, -0.15) is 0 Å². The van der Waals surface area contributed by atoms with Gasteiger partial charge in [0.1, 0.15) is 0 Å². The minimum atomic E-state index is -0.0588. The first-order valence-corrected chi connectivity index (χ1v) is 7.69. The van der Waals surface area contributed by atoms with E-state index in [1.54, 1.807) is 6.07 Å². The lowest BCUT2D eigenvalue weighted by atomic mass is 9.93. The fourth-order valence-electron chi connectivity index (χ4n) is 2.32. The summed E-state index contributed by atoms with van der Waals surface area (Å²) in [5.41, 5.74) is 0.616. The summed E-state index contributed by atoms with van der Waals surface area (Å²) in [5.74, 6) is 0.438. The Labute approximate surface area is 127 Å². The molecule has 3 nitrogen and oxygen atoms in total. The molecule has 1 atom stereocenters. The van der Waals surface area contributed by atoms with Crippen LogP contribution in [0.15, 0.2) is 27.6 Å². The van der Waals surface area contributed by atoms with Gasteiger partial charge in [0.25, 0.3) is 5.91 Å². The van der Waals surface area contributed by atoms with E-state index in [1.807, 2.05) is 12.1 Å². The molecule has 1 aliphatic rings. The number of rotatable bonds is 3. The zero-order valence-electron chi connectivity index (χ0n) is 10.9. The van der Waals surface area contributed by atoms with Gasteiger partial charge in [0.2, 0.25) is 0 Å². The van der Waals surface area contributed by atoms with E-state index in [1.165, 1.54) is 0 Å². The van der Waals surface area contributed by atoms with E-state index in [-0.39, 0.29) is 11.9 Å². The average Bonchev–Trinajstić information content (AvgIpc) is 2.39. The van der Waals surface area contributed by atoms with Crippen LogP contribution in [0.4, 0.5) is 0 Å². The average molecular weight is 344 g/mol. The monoisotopic (exact) mass is 343 g/mol. The van der Waals surface area contributed by atoms with E-state index in [2.05, 4.69) is 40.8 Å². The molecule has 1 aliphatic heterocycles. The highest BCUT2D eigenvalue weighted by atomic mass is 79.9. The van der Waals surface area contributed by atoms with Crippen LogP contribution in [0.5, 0.6) is 0 Å². The highest BCUT2D eigenvalue weighted by Crippen LogP contribution is 2.22. The van der Waals surface area contributed by atoms with Crippen LogP contribution in [-0.2, 0) is 4.74 Å². The van der Waals surface area contributed by atoms with Crippen LogP contribution >= 0.6 is 28.6 Å². The Morgan fingerprint density at radius 3 is 2.79 bits per heavy atom. The van der Waals surface area contributed by atoms with Crippen molar-refractivity contribution in [2.24, 2.45) is 5.92 Å². The number of carbonyl (C=O) groups is 1. The normalized spacial score (nSPS) is 18.1. The number of thiol groups is 1. The number of amides is 1. The van der Waals surface area contributed by atoms with Crippen LogP contribution in [-0.4, -0.2) is 25.2 Å². The van der Waals surface area contributed by atoms with Crippen molar-refractivity contribution in [3.63, 3.8) is 0 Å². The third kappa shape index (κ3) is 3.97. The van der Waals surface area contributed by atoms with Crippen molar-refractivity contribution in [1.29, 1.82) is 0 Å². The molecule has 1 unspecified atom stereocenters. The summed E-state index contributed by atoms with van der Waals surface area (Å²) in [5, 5.41) is 3.07. The second-order valence-electron chi connectivity index (χ2n) is 4.87. The van der Waals surface area contributed by atoms with Crippen LogP contribution in [0.1, 0.15) is 30.1 Å². The molecule has 1 aromatic carbocycles. The number of benzene rings is 1. The van der Waals surface area contributed by atoms with Gasteiger partial charge < -0.3 is 10.1 Å². The SMILES string of the molecule is CC(NC(=O)c1ccc(Br)cc1S)C1CCOCC1. The summed E-state index contributed by atoms with van der Waals surface area (Å²) in [6.45, 7) is 3.65. The first-order valence-electron chi connectivity index (χ1n) is 6.45. The number of hydrogen-bond acceptors (Lipinski definition) is 3. The fraction of sp³-hybridized carbons (Fsp3) is 0.500. The predicted molar refractivity (Wildman–Crippen MR) is 81.9 cm³/mol. The number of hydrogen-bond donors (Lipinski definition) is 2. The van der Waals surface area contributed by atoms with E-state index in [0.29, 0.717) is 16.4 Å². The smallest absolute Gasteiger partial charge is 0.252 e. The molecule has 1 heterocycles. The van der Waals surface area contributed by atoms with Crippen LogP contribution in [0.25, 0.3) is 0 Å². The Kier molecular flexibility index (Phi) is 5.30. The lowest BCUT2D eigenvalue weighted by Gasteiger charge is -2.28. The van der Waals surface area contributed by atoms with Gasteiger partial charge >= 0.3 is 0 Å². The fourth-order valence-corrected chi connectivity index (χ4v) is 3.17. The van der Waals surface area contributed by atoms with Gasteiger partial charge in [-0.1, -0.05) is 15.9 Å². The van der Waals surface area contributed by atoms with Crippen molar-refractivity contribution in [1.82, 2.24) is 5.32 Å². The van der Waals surface area contributed by atoms with Crippen LogP contribution in [0, 0.1) is 5.92 Å². The molecule has 19 heavy (non-hydrogen) atoms. The van der Waals surface area contributed by atoms with Crippen molar-refractivity contribution in [2.75, 3.05) is 13.2 Å².